The molecule has 0 aliphatic carbocycles. The van der Waals surface area contributed by atoms with Gasteiger partial charge in [0, 0.05) is 13.1 Å². The predicted octanol–water partition coefficient (Wildman–Crippen LogP) is 0.388. The molecule has 3 nitrogen and oxygen atoms in total. The molecule has 0 amide bonds. The Kier molecular flexibility index (Phi) is 2.91. The highest BCUT2D eigenvalue weighted by atomic mass is 32.1. The number of hydrogen-bond acceptors (Lipinski definition) is 3. The van der Waals surface area contributed by atoms with E-state index in [9.17, 15) is 0 Å². The fourth-order valence-corrected chi connectivity index (χ4v) is 1.28. The smallest absolute Gasteiger partial charge is 0.163 e. The van der Waals surface area contributed by atoms with Gasteiger partial charge in [0.15, 0.2) is 4.32 Å². The second kappa shape index (κ2) is 3.52. The zero-order valence-electron chi connectivity index (χ0n) is 5.66. The van der Waals surface area contributed by atoms with Gasteiger partial charge in [-0.3, -0.25) is 0 Å². The first-order chi connectivity index (χ1) is 4.72. The van der Waals surface area contributed by atoms with Crippen molar-refractivity contribution in [2.75, 3.05) is 13.1 Å². The van der Waals surface area contributed by atoms with Gasteiger partial charge in [-0.15, -0.1) is 12.6 Å². The van der Waals surface area contributed by atoms with Crippen molar-refractivity contribution >= 4 is 29.2 Å². The number of nitrogens with two attached hydrogens (primary N) is 1. The van der Waals surface area contributed by atoms with Crippen molar-refractivity contribution in [2.45, 2.75) is 12.8 Å². The summed E-state index contributed by atoms with van der Waals surface area (Å²) in [5.41, 5.74) is 0. The third kappa shape index (κ3) is 1.82. The van der Waals surface area contributed by atoms with Crippen molar-refractivity contribution in [3.8, 4) is 0 Å². The minimum atomic E-state index is 0.432. The molecule has 58 valence electrons. The van der Waals surface area contributed by atoms with Gasteiger partial charge in [-0.25, -0.2) is 16.0 Å². The van der Waals surface area contributed by atoms with Crippen LogP contribution < -0.4 is 5.84 Å². The lowest BCUT2D eigenvalue weighted by atomic mass is 10.4. The lowest BCUT2D eigenvalue weighted by Gasteiger charge is -2.26. The third-order valence-corrected chi connectivity index (χ3v) is 1.98. The van der Waals surface area contributed by atoms with E-state index in [0.717, 1.165) is 13.1 Å². The summed E-state index contributed by atoms with van der Waals surface area (Å²) in [7, 11) is 0. The van der Waals surface area contributed by atoms with E-state index in [1.54, 1.807) is 0 Å². The molecule has 0 bridgehead atoms. The van der Waals surface area contributed by atoms with Crippen molar-refractivity contribution in [1.29, 1.82) is 0 Å². The summed E-state index contributed by atoms with van der Waals surface area (Å²) >= 11 is 8.74. The molecular weight excluding hydrogens is 166 g/mol. The summed E-state index contributed by atoms with van der Waals surface area (Å²) in [5.74, 6) is 5.56. The minimum absolute atomic E-state index is 0.432. The van der Waals surface area contributed by atoms with Gasteiger partial charge in [-0.2, -0.15) is 0 Å². The lowest BCUT2D eigenvalue weighted by molar-refractivity contribution is 0.0813. The van der Waals surface area contributed by atoms with E-state index in [-0.39, 0.29) is 0 Å². The molecule has 0 radical (unpaired) electrons. The van der Waals surface area contributed by atoms with Crippen LogP contribution in [0.3, 0.4) is 0 Å². The highest BCUT2D eigenvalue weighted by molar-refractivity contribution is 8.10. The maximum absolute atomic E-state index is 5.56. The van der Waals surface area contributed by atoms with Gasteiger partial charge in [0.1, 0.15) is 0 Å². The summed E-state index contributed by atoms with van der Waals surface area (Å²) in [4.78, 5) is 0. The molecule has 0 atom stereocenters. The van der Waals surface area contributed by atoms with Gasteiger partial charge >= 0.3 is 0 Å². The van der Waals surface area contributed by atoms with E-state index in [1.807, 2.05) is 5.01 Å². The Morgan fingerprint density at radius 1 is 1.50 bits per heavy atom. The maximum Gasteiger partial charge on any atom is 0.163 e. The van der Waals surface area contributed by atoms with Crippen molar-refractivity contribution in [2.24, 2.45) is 5.84 Å². The highest BCUT2D eigenvalue weighted by Crippen LogP contribution is 2.09. The van der Waals surface area contributed by atoms with Gasteiger partial charge in [0.25, 0.3) is 0 Å². The van der Waals surface area contributed by atoms with Crippen LogP contribution in [0.25, 0.3) is 0 Å². The Balaban J connectivity index is 2.39. The SMILES string of the molecule is NN(C(=S)S)N1CCCC1. The number of hydrogen-bond donors (Lipinski definition) is 2. The molecule has 0 unspecified atom stereocenters. The topological polar surface area (TPSA) is 32.5 Å². The van der Waals surface area contributed by atoms with Crippen LogP contribution in [-0.2, 0) is 0 Å². The first-order valence-electron chi connectivity index (χ1n) is 3.24. The van der Waals surface area contributed by atoms with Crippen LogP contribution in [-0.4, -0.2) is 27.5 Å². The maximum atomic E-state index is 5.56. The minimum Gasteiger partial charge on any atom is -0.231 e. The van der Waals surface area contributed by atoms with Crippen LogP contribution in [0.15, 0.2) is 0 Å². The number of nitrogens with zero attached hydrogens (tertiary/aromatic N) is 2. The molecule has 1 saturated heterocycles. The van der Waals surface area contributed by atoms with Crippen molar-refractivity contribution in [1.82, 2.24) is 10.1 Å². The zero-order valence-corrected chi connectivity index (χ0v) is 7.37. The van der Waals surface area contributed by atoms with Crippen molar-refractivity contribution in [3.05, 3.63) is 0 Å². The van der Waals surface area contributed by atoms with Gasteiger partial charge in [-0.1, -0.05) is 0 Å². The largest absolute Gasteiger partial charge is 0.231 e. The normalized spacial score (nSPS) is 19.4. The quantitative estimate of drug-likeness (QED) is 0.263. The highest BCUT2D eigenvalue weighted by Gasteiger charge is 2.16. The Bertz CT molecular complexity index is 133. The number of thiocarbonyl (C=S) groups is 1. The molecule has 1 heterocycles. The van der Waals surface area contributed by atoms with Crippen LogP contribution in [0, 0.1) is 0 Å². The lowest BCUT2D eigenvalue weighted by Crippen LogP contribution is -2.47. The van der Waals surface area contributed by atoms with E-state index in [0.29, 0.717) is 4.32 Å². The molecule has 1 fully saturated rings. The summed E-state index contributed by atoms with van der Waals surface area (Å²) < 4.78 is 0.432. The van der Waals surface area contributed by atoms with E-state index in [4.69, 9.17) is 18.1 Å². The summed E-state index contributed by atoms with van der Waals surface area (Å²) in [6, 6.07) is 0. The Labute approximate surface area is 71.5 Å². The van der Waals surface area contributed by atoms with Crippen LogP contribution in [0.4, 0.5) is 0 Å². The molecule has 5 heteroatoms. The average molecular weight is 177 g/mol. The Morgan fingerprint density at radius 3 is 2.40 bits per heavy atom. The zero-order chi connectivity index (χ0) is 7.56. The molecule has 10 heavy (non-hydrogen) atoms. The van der Waals surface area contributed by atoms with E-state index < -0.39 is 0 Å². The number of thiol groups is 1. The van der Waals surface area contributed by atoms with Crippen LogP contribution in [0.2, 0.25) is 0 Å². The predicted molar refractivity (Wildman–Crippen MR) is 48.4 cm³/mol. The molecule has 0 aromatic carbocycles. The van der Waals surface area contributed by atoms with Gasteiger partial charge in [-0.05, 0) is 25.1 Å². The second-order valence-corrected chi connectivity index (χ2v) is 3.40. The van der Waals surface area contributed by atoms with Gasteiger partial charge in [0.05, 0.1) is 0 Å². The van der Waals surface area contributed by atoms with Gasteiger partial charge < -0.3 is 0 Å². The molecular formula is C5H11N3S2. The van der Waals surface area contributed by atoms with E-state index in [1.165, 1.54) is 18.0 Å². The summed E-state index contributed by atoms with van der Waals surface area (Å²) in [6.45, 7) is 1.99. The standard InChI is InChI=1S/C5H11N3S2/c6-8(5(9)10)7-3-1-2-4-7/h1-4,6H2,(H,9,10). The first kappa shape index (κ1) is 8.26. The molecule has 1 aliphatic heterocycles. The van der Waals surface area contributed by atoms with Crippen LogP contribution >= 0.6 is 24.8 Å². The van der Waals surface area contributed by atoms with Crippen LogP contribution in [0.1, 0.15) is 12.8 Å². The molecule has 1 aliphatic rings. The number of rotatable bonds is 1. The van der Waals surface area contributed by atoms with Crippen molar-refractivity contribution < 1.29 is 0 Å². The molecule has 1 rings (SSSR count). The molecule has 0 aromatic rings. The average Bonchev–Trinajstić information content (AvgIpc) is 2.36. The monoisotopic (exact) mass is 177 g/mol. The molecule has 0 aromatic heterocycles. The Morgan fingerprint density at radius 2 is 2.00 bits per heavy atom. The molecule has 0 saturated carbocycles. The molecule has 2 N–H and O–H groups in total. The first-order valence-corrected chi connectivity index (χ1v) is 4.10. The van der Waals surface area contributed by atoms with Crippen molar-refractivity contribution in [3.63, 3.8) is 0 Å². The van der Waals surface area contributed by atoms with E-state index in [2.05, 4.69) is 12.6 Å². The fourth-order valence-electron chi connectivity index (χ4n) is 1.04. The Hall–Kier alpha value is 0.160. The molecule has 0 spiro atoms. The summed E-state index contributed by atoms with van der Waals surface area (Å²) in [6.07, 6.45) is 2.40. The second-order valence-electron chi connectivity index (χ2n) is 2.29. The third-order valence-electron chi connectivity index (χ3n) is 1.58. The summed E-state index contributed by atoms with van der Waals surface area (Å²) in [5, 5.41) is 3.43. The van der Waals surface area contributed by atoms with E-state index >= 15 is 0 Å². The van der Waals surface area contributed by atoms with Crippen LogP contribution in [0.5, 0.6) is 0 Å². The number of hydrazine groups is 2. The fraction of sp³-hybridized carbons (Fsp3) is 0.800. The van der Waals surface area contributed by atoms with Gasteiger partial charge in [0.2, 0.25) is 0 Å².